The monoisotopic (exact) mass is 234 g/mol. The van der Waals surface area contributed by atoms with Crippen molar-refractivity contribution < 1.29 is 18.9 Å². The van der Waals surface area contributed by atoms with Crippen LogP contribution in [0.25, 0.3) is 0 Å². The van der Waals surface area contributed by atoms with Crippen molar-refractivity contribution in [3.63, 3.8) is 0 Å². The van der Waals surface area contributed by atoms with E-state index < -0.39 is 0 Å². The molecule has 3 heterocycles. The minimum atomic E-state index is 0.150. The quantitative estimate of drug-likeness (QED) is 0.741. The van der Waals surface area contributed by atoms with Crippen LogP contribution < -0.4 is 9.47 Å². The summed E-state index contributed by atoms with van der Waals surface area (Å²) >= 11 is 0. The van der Waals surface area contributed by atoms with Crippen LogP contribution in [0.5, 0.6) is 11.5 Å². The van der Waals surface area contributed by atoms with E-state index in [0.29, 0.717) is 18.6 Å². The zero-order chi connectivity index (χ0) is 11.2. The first kappa shape index (κ1) is 9.74. The zero-order valence-electron chi connectivity index (χ0n) is 9.43. The van der Waals surface area contributed by atoms with E-state index in [1.807, 2.05) is 12.1 Å². The summed E-state index contributed by atoms with van der Waals surface area (Å²) in [6.07, 6.45) is 0.150. The first-order chi connectivity index (χ1) is 8.42. The molecule has 0 aromatic heterocycles. The highest BCUT2D eigenvalue weighted by molar-refractivity contribution is 5.45. The molecular formula is C13H14O4. The van der Waals surface area contributed by atoms with Gasteiger partial charge < -0.3 is 18.9 Å². The fourth-order valence-corrected chi connectivity index (χ4v) is 2.91. The predicted molar refractivity (Wildman–Crippen MR) is 59.1 cm³/mol. The molecule has 0 unspecified atom stereocenters. The average molecular weight is 234 g/mol. The van der Waals surface area contributed by atoms with E-state index >= 15 is 0 Å². The van der Waals surface area contributed by atoms with Crippen molar-refractivity contribution in [2.24, 2.45) is 11.8 Å². The van der Waals surface area contributed by atoms with Gasteiger partial charge in [0.05, 0.1) is 25.9 Å². The van der Waals surface area contributed by atoms with Gasteiger partial charge in [-0.25, -0.2) is 0 Å². The van der Waals surface area contributed by atoms with Gasteiger partial charge in [-0.3, -0.25) is 0 Å². The van der Waals surface area contributed by atoms with E-state index in [1.54, 1.807) is 0 Å². The fourth-order valence-electron chi connectivity index (χ4n) is 2.91. The Morgan fingerprint density at radius 3 is 2.94 bits per heavy atom. The van der Waals surface area contributed by atoms with E-state index in [0.717, 1.165) is 31.3 Å². The first-order valence-electron chi connectivity index (χ1n) is 6.01. The van der Waals surface area contributed by atoms with Gasteiger partial charge in [0.15, 0.2) is 11.5 Å². The first-order valence-corrected chi connectivity index (χ1v) is 6.01. The Bertz CT molecular complexity index is 445. The van der Waals surface area contributed by atoms with Crippen LogP contribution in [0.2, 0.25) is 0 Å². The Hall–Kier alpha value is -1.26. The third-order valence-electron chi connectivity index (χ3n) is 3.85. The van der Waals surface area contributed by atoms with Crippen molar-refractivity contribution in [2.45, 2.75) is 6.10 Å². The van der Waals surface area contributed by atoms with Crippen molar-refractivity contribution in [3.8, 4) is 11.5 Å². The van der Waals surface area contributed by atoms with Crippen LogP contribution in [0.1, 0.15) is 11.7 Å². The Kier molecular flexibility index (Phi) is 2.07. The molecule has 0 spiro atoms. The molecule has 3 atom stereocenters. The molecule has 3 aliphatic heterocycles. The molecular weight excluding hydrogens is 220 g/mol. The summed E-state index contributed by atoms with van der Waals surface area (Å²) in [7, 11) is 0. The maximum Gasteiger partial charge on any atom is 0.231 e. The number of hydrogen-bond acceptors (Lipinski definition) is 4. The normalized spacial score (nSPS) is 34.0. The second kappa shape index (κ2) is 3.62. The van der Waals surface area contributed by atoms with Crippen molar-refractivity contribution in [1.29, 1.82) is 0 Å². The number of ether oxygens (including phenoxy) is 4. The van der Waals surface area contributed by atoms with Crippen LogP contribution in [0.15, 0.2) is 18.2 Å². The molecule has 4 nitrogen and oxygen atoms in total. The average Bonchev–Trinajstić information content (AvgIpc) is 3.03. The van der Waals surface area contributed by atoms with Crippen LogP contribution in [0.4, 0.5) is 0 Å². The molecule has 3 aliphatic rings. The molecule has 0 bridgehead atoms. The van der Waals surface area contributed by atoms with E-state index in [1.165, 1.54) is 5.56 Å². The molecule has 2 fully saturated rings. The SMILES string of the molecule is c1cc2c(cc1[C@H]1OC[C@@H]3COC[C@@H]31)OCO2. The van der Waals surface area contributed by atoms with Gasteiger partial charge >= 0.3 is 0 Å². The van der Waals surface area contributed by atoms with E-state index in [-0.39, 0.29) is 6.10 Å². The summed E-state index contributed by atoms with van der Waals surface area (Å²) in [6.45, 7) is 2.78. The lowest BCUT2D eigenvalue weighted by Crippen LogP contribution is -2.12. The van der Waals surface area contributed by atoms with Gasteiger partial charge in [-0.05, 0) is 17.7 Å². The number of fused-ring (bicyclic) bond motifs is 2. The molecule has 90 valence electrons. The number of hydrogen-bond donors (Lipinski definition) is 0. The molecule has 2 saturated heterocycles. The van der Waals surface area contributed by atoms with Crippen molar-refractivity contribution in [3.05, 3.63) is 23.8 Å². The van der Waals surface area contributed by atoms with E-state index in [2.05, 4.69) is 6.07 Å². The van der Waals surface area contributed by atoms with Gasteiger partial charge in [0, 0.05) is 11.8 Å². The van der Waals surface area contributed by atoms with Gasteiger partial charge in [-0.15, -0.1) is 0 Å². The summed E-state index contributed by atoms with van der Waals surface area (Å²) in [6, 6.07) is 6.07. The third-order valence-corrected chi connectivity index (χ3v) is 3.85. The highest BCUT2D eigenvalue weighted by Gasteiger charge is 2.42. The van der Waals surface area contributed by atoms with Crippen LogP contribution in [-0.4, -0.2) is 26.6 Å². The van der Waals surface area contributed by atoms with Crippen LogP contribution in [0.3, 0.4) is 0 Å². The Labute approximate surface area is 99.4 Å². The van der Waals surface area contributed by atoms with Gasteiger partial charge in [0.25, 0.3) is 0 Å². The summed E-state index contributed by atoms with van der Waals surface area (Å²) in [5.74, 6) is 2.71. The Morgan fingerprint density at radius 1 is 1.00 bits per heavy atom. The zero-order valence-corrected chi connectivity index (χ0v) is 9.43. The third kappa shape index (κ3) is 1.44. The maximum absolute atomic E-state index is 5.89. The van der Waals surface area contributed by atoms with Crippen molar-refractivity contribution >= 4 is 0 Å². The molecule has 0 N–H and O–H groups in total. The standard InChI is InChI=1S/C13H14O4/c1-2-11-12(17-7-16-11)3-8(1)13-10-6-14-4-9(10)5-15-13/h1-3,9-10,13H,4-7H2/t9-,10-,13+/m0/s1. The fraction of sp³-hybridized carbons (Fsp3) is 0.538. The topological polar surface area (TPSA) is 36.9 Å². The molecule has 0 aliphatic carbocycles. The van der Waals surface area contributed by atoms with Crippen LogP contribution >= 0.6 is 0 Å². The lowest BCUT2D eigenvalue weighted by Gasteiger charge is -2.16. The second-order valence-corrected chi connectivity index (χ2v) is 4.83. The molecule has 1 aromatic rings. The highest BCUT2D eigenvalue weighted by atomic mass is 16.7. The molecule has 0 amide bonds. The molecule has 17 heavy (non-hydrogen) atoms. The lowest BCUT2D eigenvalue weighted by atomic mass is 9.90. The summed E-state index contributed by atoms with van der Waals surface area (Å²) in [5.41, 5.74) is 1.17. The predicted octanol–water partition coefficient (Wildman–Crippen LogP) is 1.75. The largest absolute Gasteiger partial charge is 0.454 e. The van der Waals surface area contributed by atoms with E-state index in [9.17, 15) is 0 Å². The lowest BCUT2D eigenvalue weighted by molar-refractivity contribution is 0.0501. The van der Waals surface area contributed by atoms with Gasteiger partial charge in [-0.2, -0.15) is 0 Å². The van der Waals surface area contributed by atoms with Gasteiger partial charge in [-0.1, -0.05) is 6.07 Å². The molecule has 0 radical (unpaired) electrons. The smallest absolute Gasteiger partial charge is 0.231 e. The van der Waals surface area contributed by atoms with Crippen LogP contribution in [-0.2, 0) is 9.47 Å². The minimum absolute atomic E-state index is 0.150. The van der Waals surface area contributed by atoms with Gasteiger partial charge in [0.1, 0.15) is 0 Å². The Morgan fingerprint density at radius 2 is 1.94 bits per heavy atom. The molecule has 4 heteroatoms. The molecule has 4 rings (SSSR count). The number of rotatable bonds is 1. The van der Waals surface area contributed by atoms with Gasteiger partial charge in [0.2, 0.25) is 6.79 Å². The van der Waals surface area contributed by atoms with Crippen molar-refractivity contribution in [2.75, 3.05) is 26.6 Å². The maximum atomic E-state index is 5.89. The number of benzene rings is 1. The highest BCUT2D eigenvalue weighted by Crippen LogP contribution is 2.44. The second-order valence-electron chi connectivity index (χ2n) is 4.83. The Balaban J connectivity index is 1.66. The molecule has 1 aromatic carbocycles. The van der Waals surface area contributed by atoms with E-state index in [4.69, 9.17) is 18.9 Å². The van der Waals surface area contributed by atoms with Crippen LogP contribution in [0, 0.1) is 11.8 Å². The minimum Gasteiger partial charge on any atom is -0.454 e. The summed E-state index contributed by atoms with van der Waals surface area (Å²) in [5, 5.41) is 0. The molecule has 0 saturated carbocycles. The summed E-state index contributed by atoms with van der Waals surface area (Å²) in [4.78, 5) is 0. The summed E-state index contributed by atoms with van der Waals surface area (Å²) < 4.78 is 22.1. The van der Waals surface area contributed by atoms with Crippen molar-refractivity contribution in [1.82, 2.24) is 0 Å².